The van der Waals surface area contributed by atoms with Gasteiger partial charge in [-0.25, -0.2) is 8.42 Å². The lowest BCUT2D eigenvalue weighted by molar-refractivity contribution is 0.135. The maximum Gasteiger partial charge on any atom is 0.276 e. The molecule has 0 aliphatic heterocycles. The standard InChI is InChI=1S/C14H26N2O4S/c1-5-16(9-10-19-6-2)21(17,18)14-8-7-13(20-14)11-15-12(3)4/h7-8,12,15H,5-6,9-11H2,1-4H3. The van der Waals surface area contributed by atoms with Crippen LogP contribution in [0.3, 0.4) is 0 Å². The Bertz CT molecular complexity index is 511. The zero-order chi connectivity index (χ0) is 15.9. The summed E-state index contributed by atoms with van der Waals surface area (Å²) in [5, 5.41) is 3.18. The van der Waals surface area contributed by atoms with Crippen LogP contribution in [0.4, 0.5) is 0 Å². The van der Waals surface area contributed by atoms with E-state index in [-0.39, 0.29) is 5.09 Å². The van der Waals surface area contributed by atoms with Gasteiger partial charge < -0.3 is 14.5 Å². The number of ether oxygens (including phenoxy) is 1. The summed E-state index contributed by atoms with van der Waals surface area (Å²) in [7, 11) is -3.59. The molecule has 0 aromatic carbocycles. The summed E-state index contributed by atoms with van der Waals surface area (Å²) >= 11 is 0. The van der Waals surface area contributed by atoms with Crippen molar-refractivity contribution in [2.24, 2.45) is 0 Å². The molecule has 0 saturated heterocycles. The number of furan rings is 1. The normalized spacial score (nSPS) is 12.5. The van der Waals surface area contributed by atoms with E-state index < -0.39 is 10.0 Å². The second-order valence-corrected chi connectivity index (χ2v) is 6.82. The van der Waals surface area contributed by atoms with Crippen molar-refractivity contribution in [2.45, 2.75) is 45.4 Å². The van der Waals surface area contributed by atoms with Crippen LogP contribution in [0.15, 0.2) is 21.6 Å². The Kier molecular flexibility index (Phi) is 7.37. The van der Waals surface area contributed by atoms with E-state index >= 15 is 0 Å². The van der Waals surface area contributed by atoms with Gasteiger partial charge in [0.05, 0.1) is 13.2 Å². The van der Waals surface area contributed by atoms with Crippen molar-refractivity contribution in [3.8, 4) is 0 Å². The van der Waals surface area contributed by atoms with E-state index in [0.717, 1.165) is 0 Å². The molecule has 0 aliphatic rings. The molecular formula is C14H26N2O4S. The molecule has 1 heterocycles. The lowest BCUT2D eigenvalue weighted by Gasteiger charge is -2.18. The van der Waals surface area contributed by atoms with Crippen molar-refractivity contribution in [1.29, 1.82) is 0 Å². The highest BCUT2D eigenvalue weighted by Crippen LogP contribution is 2.18. The van der Waals surface area contributed by atoms with Gasteiger partial charge in [-0.15, -0.1) is 0 Å². The molecular weight excluding hydrogens is 292 g/mol. The van der Waals surface area contributed by atoms with Crippen molar-refractivity contribution in [2.75, 3.05) is 26.3 Å². The van der Waals surface area contributed by atoms with Crippen molar-refractivity contribution in [3.05, 3.63) is 17.9 Å². The highest BCUT2D eigenvalue weighted by atomic mass is 32.2. The van der Waals surface area contributed by atoms with Gasteiger partial charge >= 0.3 is 0 Å². The van der Waals surface area contributed by atoms with E-state index in [2.05, 4.69) is 5.32 Å². The average molecular weight is 318 g/mol. The SMILES string of the molecule is CCOCCN(CC)S(=O)(=O)c1ccc(CNC(C)C)o1. The van der Waals surface area contributed by atoms with E-state index in [9.17, 15) is 8.42 Å². The Morgan fingerprint density at radius 1 is 1.33 bits per heavy atom. The molecule has 0 saturated carbocycles. The lowest BCUT2D eigenvalue weighted by Crippen LogP contribution is -2.33. The number of rotatable bonds is 10. The van der Waals surface area contributed by atoms with Crippen LogP contribution >= 0.6 is 0 Å². The highest BCUT2D eigenvalue weighted by molar-refractivity contribution is 7.89. The second-order valence-electron chi connectivity index (χ2n) is 4.95. The van der Waals surface area contributed by atoms with Gasteiger partial charge in [0.2, 0.25) is 5.09 Å². The van der Waals surface area contributed by atoms with Crippen molar-refractivity contribution < 1.29 is 17.6 Å². The van der Waals surface area contributed by atoms with Gasteiger partial charge in [-0.05, 0) is 19.1 Å². The van der Waals surface area contributed by atoms with Crippen LogP contribution in [-0.2, 0) is 21.3 Å². The first-order valence-electron chi connectivity index (χ1n) is 7.31. The first-order chi connectivity index (χ1) is 9.91. The first-order valence-corrected chi connectivity index (χ1v) is 8.75. The Hall–Kier alpha value is -0.890. The zero-order valence-corrected chi connectivity index (χ0v) is 14.1. The summed E-state index contributed by atoms with van der Waals surface area (Å²) < 4.78 is 37.0. The molecule has 6 nitrogen and oxygen atoms in total. The van der Waals surface area contributed by atoms with Gasteiger partial charge in [0.1, 0.15) is 5.76 Å². The third kappa shape index (κ3) is 5.43. The molecule has 0 amide bonds. The Morgan fingerprint density at radius 2 is 2.05 bits per heavy atom. The van der Waals surface area contributed by atoms with E-state index in [1.807, 2.05) is 20.8 Å². The quantitative estimate of drug-likeness (QED) is 0.666. The number of hydrogen-bond acceptors (Lipinski definition) is 5. The third-order valence-electron chi connectivity index (χ3n) is 2.96. The number of sulfonamides is 1. The number of nitrogens with zero attached hydrogens (tertiary/aromatic N) is 1. The zero-order valence-electron chi connectivity index (χ0n) is 13.3. The van der Waals surface area contributed by atoms with E-state index in [1.54, 1.807) is 13.0 Å². The maximum absolute atomic E-state index is 12.5. The molecule has 0 unspecified atom stereocenters. The minimum Gasteiger partial charge on any atom is -0.447 e. The lowest BCUT2D eigenvalue weighted by atomic mass is 10.3. The molecule has 7 heteroatoms. The Labute approximate surface area is 127 Å². The summed E-state index contributed by atoms with van der Waals surface area (Å²) in [6.45, 7) is 9.90. The van der Waals surface area contributed by atoms with Crippen LogP contribution in [0.1, 0.15) is 33.5 Å². The monoisotopic (exact) mass is 318 g/mol. The minimum atomic E-state index is -3.59. The predicted octanol–water partition coefficient (Wildman–Crippen LogP) is 1.82. The molecule has 0 aliphatic carbocycles. The summed E-state index contributed by atoms with van der Waals surface area (Å²) in [6, 6.07) is 3.52. The van der Waals surface area contributed by atoms with Gasteiger partial charge in [-0.2, -0.15) is 4.31 Å². The van der Waals surface area contributed by atoms with E-state index in [4.69, 9.17) is 9.15 Å². The number of nitrogens with one attached hydrogen (secondary N) is 1. The van der Waals surface area contributed by atoms with Gasteiger partial charge in [0, 0.05) is 25.7 Å². The maximum atomic E-state index is 12.5. The molecule has 0 bridgehead atoms. The topological polar surface area (TPSA) is 71.8 Å². The smallest absolute Gasteiger partial charge is 0.276 e. The average Bonchev–Trinajstić information content (AvgIpc) is 2.90. The molecule has 1 N–H and O–H groups in total. The summed E-state index contributed by atoms with van der Waals surface area (Å²) in [6.07, 6.45) is 0. The molecule has 0 fully saturated rings. The van der Waals surface area contributed by atoms with Crippen LogP contribution in [0.25, 0.3) is 0 Å². The van der Waals surface area contributed by atoms with Crippen molar-refractivity contribution in [3.63, 3.8) is 0 Å². The number of likely N-dealkylation sites (N-methyl/N-ethyl adjacent to an activating group) is 1. The number of hydrogen-bond donors (Lipinski definition) is 1. The summed E-state index contributed by atoms with van der Waals surface area (Å²) in [5.74, 6) is 0.614. The third-order valence-corrected chi connectivity index (χ3v) is 4.81. The fourth-order valence-corrected chi connectivity index (χ4v) is 3.14. The molecule has 21 heavy (non-hydrogen) atoms. The second kappa shape index (κ2) is 8.53. The van der Waals surface area contributed by atoms with Gasteiger partial charge in [-0.3, -0.25) is 0 Å². The van der Waals surface area contributed by atoms with Crippen LogP contribution in [0.5, 0.6) is 0 Å². The predicted molar refractivity (Wildman–Crippen MR) is 81.6 cm³/mol. The van der Waals surface area contributed by atoms with Crippen molar-refractivity contribution in [1.82, 2.24) is 9.62 Å². The Balaban J connectivity index is 2.76. The van der Waals surface area contributed by atoms with Crippen LogP contribution < -0.4 is 5.32 Å². The first kappa shape index (κ1) is 18.2. The van der Waals surface area contributed by atoms with Crippen molar-refractivity contribution >= 4 is 10.0 Å². The fourth-order valence-electron chi connectivity index (χ4n) is 1.78. The molecule has 1 aromatic rings. The van der Waals surface area contributed by atoms with Gasteiger partial charge in [0.25, 0.3) is 10.0 Å². The summed E-state index contributed by atoms with van der Waals surface area (Å²) in [5.41, 5.74) is 0. The Morgan fingerprint density at radius 3 is 2.62 bits per heavy atom. The molecule has 1 aromatic heterocycles. The van der Waals surface area contributed by atoms with E-state index in [1.165, 1.54) is 10.4 Å². The highest BCUT2D eigenvalue weighted by Gasteiger charge is 2.26. The van der Waals surface area contributed by atoms with Crippen LogP contribution in [0.2, 0.25) is 0 Å². The minimum absolute atomic E-state index is 0.0126. The van der Waals surface area contributed by atoms with E-state index in [0.29, 0.717) is 44.7 Å². The fraction of sp³-hybridized carbons (Fsp3) is 0.714. The largest absolute Gasteiger partial charge is 0.447 e. The molecule has 1 rings (SSSR count). The van der Waals surface area contributed by atoms with Gasteiger partial charge in [0.15, 0.2) is 0 Å². The van der Waals surface area contributed by atoms with Crippen LogP contribution in [0, 0.1) is 0 Å². The molecule has 0 spiro atoms. The summed E-state index contributed by atoms with van der Waals surface area (Å²) in [4.78, 5) is 0. The molecule has 0 atom stereocenters. The molecule has 0 radical (unpaired) electrons. The molecule has 122 valence electrons. The van der Waals surface area contributed by atoms with Crippen LogP contribution in [-0.4, -0.2) is 45.1 Å². The van der Waals surface area contributed by atoms with Gasteiger partial charge in [-0.1, -0.05) is 20.8 Å².